The van der Waals surface area contributed by atoms with Crippen LogP contribution in [0.4, 0.5) is 0 Å². The molecule has 0 heterocycles. The van der Waals surface area contributed by atoms with Crippen LogP contribution in [-0.4, -0.2) is 30.6 Å². The van der Waals surface area contributed by atoms with E-state index in [2.05, 4.69) is 11.9 Å². The van der Waals surface area contributed by atoms with E-state index in [-0.39, 0.29) is 0 Å². The minimum atomic E-state index is 0.502. The molecule has 2 aliphatic carbocycles. The highest BCUT2D eigenvalue weighted by Crippen LogP contribution is 2.29. The lowest BCUT2D eigenvalue weighted by Gasteiger charge is -2.29. The monoisotopic (exact) mass is 182 g/mol. The van der Waals surface area contributed by atoms with Gasteiger partial charge in [0.25, 0.3) is 0 Å². The number of hydrogen-bond donors (Lipinski definition) is 1. The highest BCUT2D eigenvalue weighted by atomic mass is 15.2. The summed E-state index contributed by atoms with van der Waals surface area (Å²) in [4.78, 5) is 2.56. The third kappa shape index (κ3) is 2.68. The Kier molecular flexibility index (Phi) is 2.89. The lowest BCUT2D eigenvalue weighted by molar-refractivity contribution is 0.218. The Bertz CT molecular complexity index is 157. The molecule has 0 aromatic carbocycles. The summed E-state index contributed by atoms with van der Waals surface area (Å²) in [7, 11) is 2.28. The van der Waals surface area contributed by atoms with Crippen LogP contribution >= 0.6 is 0 Å². The molecule has 0 unspecified atom stereocenters. The smallest absolute Gasteiger partial charge is 0.00934 e. The second-order valence-electron chi connectivity index (χ2n) is 4.95. The van der Waals surface area contributed by atoms with Crippen LogP contribution in [0.1, 0.15) is 38.5 Å². The first-order valence-electron chi connectivity index (χ1n) is 5.71. The SMILES string of the molecule is CN(CC1CCC(N)CC1)C1CC1. The summed E-state index contributed by atoms with van der Waals surface area (Å²) in [6, 6.07) is 1.43. The molecule has 0 spiro atoms. The lowest BCUT2D eigenvalue weighted by Crippen LogP contribution is -2.33. The van der Waals surface area contributed by atoms with Crippen molar-refractivity contribution >= 4 is 0 Å². The molecule has 2 fully saturated rings. The normalized spacial score (nSPS) is 35.3. The van der Waals surface area contributed by atoms with Crippen LogP contribution in [-0.2, 0) is 0 Å². The van der Waals surface area contributed by atoms with Crippen LogP contribution in [0.15, 0.2) is 0 Å². The Morgan fingerprint density at radius 3 is 2.23 bits per heavy atom. The zero-order valence-corrected chi connectivity index (χ0v) is 8.71. The summed E-state index contributed by atoms with van der Waals surface area (Å²) in [5.41, 5.74) is 5.89. The van der Waals surface area contributed by atoms with E-state index >= 15 is 0 Å². The van der Waals surface area contributed by atoms with Crippen LogP contribution < -0.4 is 5.73 Å². The Hall–Kier alpha value is -0.0800. The van der Waals surface area contributed by atoms with Crippen LogP contribution in [0, 0.1) is 5.92 Å². The molecule has 0 radical (unpaired) electrons. The van der Waals surface area contributed by atoms with Gasteiger partial charge in [-0.1, -0.05) is 0 Å². The van der Waals surface area contributed by atoms with Gasteiger partial charge in [-0.25, -0.2) is 0 Å². The zero-order chi connectivity index (χ0) is 9.26. The summed E-state index contributed by atoms with van der Waals surface area (Å²) < 4.78 is 0. The standard InChI is InChI=1S/C11H22N2/c1-13(11-6-7-11)8-9-2-4-10(12)5-3-9/h9-11H,2-8,12H2,1H3. The second-order valence-corrected chi connectivity index (χ2v) is 4.95. The summed E-state index contributed by atoms with van der Waals surface area (Å²) in [6.07, 6.45) is 8.09. The molecule has 76 valence electrons. The van der Waals surface area contributed by atoms with E-state index < -0.39 is 0 Å². The van der Waals surface area contributed by atoms with Crippen molar-refractivity contribution in [3.63, 3.8) is 0 Å². The van der Waals surface area contributed by atoms with Crippen LogP contribution in [0.3, 0.4) is 0 Å². The Morgan fingerprint density at radius 1 is 1.08 bits per heavy atom. The van der Waals surface area contributed by atoms with E-state index in [1.807, 2.05) is 0 Å². The molecule has 2 heteroatoms. The highest BCUT2D eigenvalue weighted by Gasteiger charge is 2.28. The van der Waals surface area contributed by atoms with E-state index in [0.29, 0.717) is 6.04 Å². The number of nitrogens with zero attached hydrogens (tertiary/aromatic N) is 1. The van der Waals surface area contributed by atoms with E-state index in [1.165, 1.54) is 45.1 Å². The third-order valence-corrected chi connectivity index (χ3v) is 3.61. The largest absolute Gasteiger partial charge is 0.328 e. The van der Waals surface area contributed by atoms with Crippen molar-refractivity contribution in [3.8, 4) is 0 Å². The molecule has 2 rings (SSSR count). The fourth-order valence-electron chi connectivity index (χ4n) is 2.44. The summed E-state index contributed by atoms with van der Waals surface area (Å²) in [6.45, 7) is 1.32. The highest BCUT2D eigenvalue weighted by molar-refractivity contribution is 4.85. The number of hydrogen-bond acceptors (Lipinski definition) is 2. The summed E-state index contributed by atoms with van der Waals surface area (Å²) in [5, 5.41) is 0. The van der Waals surface area contributed by atoms with Gasteiger partial charge in [0.1, 0.15) is 0 Å². The molecule has 2 N–H and O–H groups in total. The molecular weight excluding hydrogens is 160 g/mol. The zero-order valence-electron chi connectivity index (χ0n) is 8.71. The molecule has 13 heavy (non-hydrogen) atoms. The Morgan fingerprint density at radius 2 is 1.69 bits per heavy atom. The first kappa shape index (κ1) is 9.47. The van der Waals surface area contributed by atoms with Crippen LogP contribution in [0.25, 0.3) is 0 Å². The van der Waals surface area contributed by atoms with Gasteiger partial charge in [0.05, 0.1) is 0 Å². The molecule has 0 atom stereocenters. The Labute approximate surface area is 81.5 Å². The van der Waals surface area contributed by atoms with Gasteiger partial charge in [-0.3, -0.25) is 0 Å². The maximum Gasteiger partial charge on any atom is 0.00934 e. The average molecular weight is 182 g/mol. The summed E-state index contributed by atoms with van der Waals surface area (Å²) in [5.74, 6) is 0.936. The van der Waals surface area contributed by atoms with Gasteiger partial charge in [0.15, 0.2) is 0 Å². The van der Waals surface area contributed by atoms with Gasteiger partial charge in [-0.2, -0.15) is 0 Å². The van der Waals surface area contributed by atoms with Crippen molar-refractivity contribution < 1.29 is 0 Å². The minimum Gasteiger partial charge on any atom is -0.328 e. The average Bonchev–Trinajstić information content (AvgIpc) is 2.91. The molecule has 0 aliphatic heterocycles. The predicted molar refractivity (Wildman–Crippen MR) is 55.6 cm³/mol. The van der Waals surface area contributed by atoms with E-state index in [9.17, 15) is 0 Å². The number of rotatable bonds is 3. The van der Waals surface area contributed by atoms with Crippen LogP contribution in [0.2, 0.25) is 0 Å². The van der Waals surface area contributed by atoms with Crippen molar-refractivity contribution in [2.45, 2.75) is 50.6 Å². The van der Waals surface area contributed by atoms with Gasteiger partial charge in [0.2, 0.25) is 0 Å². The predicted octanol–water partition coefficient (Wildman–Crippen LogP) is 1.60. The molecular formula is C11H22N2. The summed E-state index contributed by atoms with van der Waals surface area (Å²) >= 11 is 0. The first-order chi connectivity index (χ1) is 6.25. The minimum absolute atomic E-state index is 0.502. The van der Waals surface area contributed by atoms with Crippen molar-refractivity contribution in [2.75, 3.05) is 13.6 Å². The molecule has 0 saturated heterocycles. The molecule has 0 aromatic rings. The molecule has 2 nitrogen and oxygen atoms in total. The fraction of sp³-hybridized carbons (Fsp3) is 1.00. The molecule has 0 amide bonds. The molecule has 0 bridgehead atoms. The molecule has 0 aromatic heterocycles. The Balaban J connectivity index is 1.69. The van der Waals surface area contributed by atoms with Gasteiger partial charge in [-0.15, -0.1) is 0 Å². The maximum atomic E-state index is 5.89. The molecule has 2 aliphatic rings. The van der Waals surface area contributed by atoms with Gasteiger partial charge in [-0.05, 0) is 51.5 Å². The van der Waals surface area contributed by atoms with E-state index in [0.717, 1.165) is 12.0 Å². The van der Waals surface area contributed by atoms with Gasteiger partial charge in [0, 0.05) is 18.6 Å². The van der Waals surface area contributed by atoms with Crippen molar-refractivity contribution in [1.82, 2.24) is 4.90 Å². The van der Waals surface area contributed by atoms with Gasteiger partial charge < -0.3 is 10.6 Å². The van der Waals surface area contributed by atoms with E-state index in [4.69, 9.17) is 5.73 Å². The number of nitrogens with two attached hydrogens (primary N) is 1. The van der Waals surface area contributed by atoms with Crippen molar-refractivity contribution in [1.29, 1.82) is 0 Å². The topological polar surface area (TPSA) is 29.3 Å². The molecule has 2 saturated carbocycles. The van der Waals surface area contributed by atoms with Crippen molar-refractivity contribution in [3.05, 3.63) is 0 Å². The maximum absolute atomic E-state index is 5.89. The fourth-order valence-corrected chi connectivity index (χ4v) is 2.44. The third-order valence-electron chi connectivity index (χ3n) is 3.61. The first-order valence-corrected chi connectivity index (χ1v) is 5.71. The van der Waals surface area contributed by atoms with Crippen molar-refractivity contribution in [2.24, 2.45) is 11.7 Å². The van der Waals surface area contributed by atoms with Crippen LogP contribution in [0.5, 0.6) is 0 Å². The van der Waals surface area contributed by atoms with E-state index in [1.54, 1.807) is 0 Å². The quantitative estimate of drug-likeness (QED) is 0.718. The van der Waals surface area contributed by atoms with Gasteiger partial charge >= 0.3 is 0 Å². The lowest BCUT2D eigenvalue weighted by atomic mass is 9.86. The second kappa shape index (κ2) is 3.97.